The van der Waals surface area contributed by atoms with Crippen LogP contribution in [0.4, 0.5) is 0 Å². The maximum atomic E-state index is 4.26. The van der Waals surface area contributed by atoms with Crippen LogP contribution < -0.4 is 0 Å². The SMILES string of the molecule is CCN=C1C=CC=CC1. The highest BCUT2D eigenvalue weighted by Gasteiger charge is 1.91. The van der Waals surface area contributed by atoms with Gasteiger partial charge >= 0.3 is 0 Å². The van der Waals surface area contributed by atoms with E-state index in [1.165, 1.54) is 5.71 Å². The van der Waals surface area contributed by atoms with Crippen molar-refractivity contribution in [2.24, 2.45) is 4.99 Å². The fraction of sp³-hybridized carbons (Fsp3) is 0.375. The normalized spacial score (nSPS) is 21.2. The van der Waals surface area contributed by atoms with E-state index >= 15 is 0 Å². The number of allylic oxidation sites excluding steroid dienone is 4. The summed E-state index contributed by atoms with van der Waals surface area (Å²) < 4.78 is 0. The predicted molar refractivity (Wildman–Crippen MR) is 40.9 cm³/mol. The lowest BCUT2D eigenvalue weighted by molar-refractivity contribution is 1.12. The molecule has 0 aromatic carbocycles. The summed E-state index contributed by atoms with van der Waals surface area (Å²) in [7, 11) is 0. The van der Waals surface area contributed by atoms with Gasteiger partial charge in [-0.15, -0.1) is 0 Å². The van der Waals surface area contributed by atoms with Crippen molar-refractivity contribution in [2.75, 3.05) is 6.54 Å². The van der Waals surface area contributed by atoms with E-state index in [0.717, 1.165) is 13.0 Å². The number of hydrogen-bond donors (Lipinski definition) is 0. The molecule has 0 bridgehead atoms. The monoisotopic (exact) mass is 121 g/mol. The van der Waals surface area contributed by atoms with Crippen LogP contribution in [0.1, 0.15) is 13.3 Å². The number of nitrogens with zero attached hydrogens (tertiary/aromatic N) is 1. The average Bonchev–Trinajstić information content (AvgIpc) is 1.91. The first-order valence-corrected chi connectivity index (χ1v) is 3.30. The molecule has 0 spiro atoms. The molecule has 0 radical (unpaired) electrons. The maximum absolute atomic E-state index is 4.26. The van der Waals surface area contributed by atoms with Crippen molar-refractivity contribution in [1.82, 2.24) is 0 Å². The van der Waals surface area contributed by atoms with E-state index < -0.39 is 0 Å². The zero-order valence-electron chi connectivity index (χ0n) is 5.67. The first-order valence-electron chi connectivity index (χ1n) is 3.30. The van der Waals surface area contributed by atoms with Crippen LogP contribution in [0.25, 0.3) is 0 Å². The Morgan fingerprint density at radius 1 is 1.56 bits per heavy atom. The summed E-state index contributed by atoms with van der Waals surface area (Å²) in [4.78, 5) is 4.26. The number of rotatable bonds is 1. The Labute approximate surface area is 55.8 Å². The zero-order chi connectivity index (χ0) is 6.53. The second-order valence-electron chi connectivity index (χ2n) is 1.96. The Bertz CT molecular complexity index is 163. The number of hydrogen-bond acceptors (Lipinski definition) is 1. The maximum Gasteiger partial charge on any atom is 0.0385 e. The predicted octanol–water partition coefficient (Wildman–Crippen LogP) is 1.96. The van der Waals surface area contributed by atoms with Gasteiger partial charge in [0, 0.05) is 18.7 Å². The molecule has 0 aliphatic heterocycles. The zero-order valence-corrected chi connectivity index (χ0v) is 5.67. The first kappa shape index (κ1) is 6.27. The van der Waals surface area contributed by atoms with E-state index in [-0.39, 0.29) is 0 Å². The van der Waals surface area contributed by atoms with Gasteiger partial charge in [-0.05, 0) is 13.0 Å². The molecule has 0 amide bonds. The van der Waals surface area contributed by atoms with E-state index in [2.05, 4.69) is 30.1 Å². The summed E-state index contributed by atoms with van der Waals surface area (Å²) in [5.74, 6) is 0. The average molecular weight is 121 g/mol. The lowest BCUT2D eigenvalue weighted by Crippen LogP contribution is -1.94. The summed E-state index contributed by atoms with van der Waals surface area (Å²) in [5.41, 5.74) is 1.19. The molecule has 0 heterocycles. The lowest BCUT2D eigenvalue weighted by atomic mass is 10.1. The molecule has 0 unspecified atom stereocenters. The fourth-order valence-corrected chi connectivity index (χ4v) is 0.822. The van der Waals surface area contributed by atoms with Crippen LogP contribution in [0, 0.1) is 0 Å². The Kier molecular flexibility index (Phi) is 2.25. The molecule has 0 saturated carbocycles. The van der Waals surface area contributed by atoms with Gasteiger partial charge in [0.25, 0.3) is 0 Å². The highest BCUT2D eigenvalue weighted by Crippen LogP contribution is 1.98. The molecule has 1 aliphatic carbocycles. The Morgan fingerprint density at radius 2 is 2.44 bits per heavy atom. The third-order valence-corrected chi connectivity index (χ3v) is 1.22. The van der Waals surface area contributed by atoms with Gasteiger partial charge in [0.1, 0.15) is 0 Å². The molecular weight excluding hydrogens is 110 g/mol. The second-order valence-corrected chi connectivity index (χ2v) is 1.96. The van der Waals surface area contributed by atoms with E-state index in [1.807, 2.05) is 6.08 Å². The Morgan fingerprint density at radius 3 is 3.00 bits per heavy atom. The van der Waals surface area contributed by atoms with Crippen molar-refractivity contribution in [3.8, 4) is 0 Å². The van der Waals surface area contributed by atoms with Crippen molar-refractivity contribution in [1.29, 1.82) is 0 Å². The van der Waals surface area contributed by atoms with Crippen molar-refractivity contribution >= 4 is 5.71 Å². The summed E-state index contributed by atoms with van der Waals surface area (Å²) in [6.45, 7) is 2.95. The minimum Gasteiger partial charge on any atom is -0.290 e. The van der Waals surface area contributed by atoms with Gasteiger partial charge in [-0.2, -0.15) is 0 Å². The van der Waals surface area contributed by atoms with Crippen molar-refractivity contribution < 1.29 is 0 Å². The first-order chi connectivity index (χ1) is 4.43. The molecule has 1 nitrogen and oxygen atoms in total. The van der Waals surface area contributed by atoms with Gasteiger partial charge < -0.3 is 0 Å². The molecule has 0 N–H and O–H groups in total. The molecule has 0 atom stereocenters. The summed E-state index contributed by atoms with van der Waals surface area (Å²) in [6.07, 6.45) is 9.26. The standard InChI is InChI=1S/C8H11N/c1-2-9-8-6-4-3-5-7-8/h3-6H,2,7H2,1H3. The van der Waals surface area contributed by atoms with Crippen LogP contribution in [-0.2, 0) is 0 Å². The third-order valence-electron chi connectivity index (χ3n) is 1.22. The molecule has 1 aliphatic rings. The third kappa shape index (κ3) is 1.84. The van der Waals surface area contributed by atoms with Gasteiger partial charge in [0.15, 0.2) is 0 Å². The molecule has 0 saturated heterocycles. The lowest BCUT2D eigenvalue weighted by Gasteiger charge is -1.97. The molecule has 0 aromatic rings. The van der Waals surface area contributed by atoms with Crippen molar-refractivity contribution in [2.45, 2.75) is 13.3 Å². The van der Waals surface area contributed by atoms with Crippen LogP contribution in [0.3, 0.4) is 0 Å². The molecule has 1 heteroatoms. The Hall–Kier alpha value is -0.850. The van der Waals surface area contributed by atoms with Crippen molar-refractivity contribution in [3.05, 3.63) is 24.3 Å². The van der Waals surface area contributed by atoms with Crippen LogP contribution in [-0.4, -0.2) is 12.3 Å². The molecule has 9 heavy (non-hydrogen) atoms. The van der Waals surface area contributed by atoms with E-state index in [9.17, 15) is 0 Å². The topological polar surface area (TPSA) is 12.4 Å². The smallest absolute Gasteiger partial charge is 0.0385 e. The molecule has 48 valence electrons. The van der Waals surface area contributed by atoms with E-state index in [4.69, 9.17) is 0 Å². The highest BCUT2D eigenvalue weighted by atomic mass is 14.7. The quantitative estimate of drug-likeness (QED) is 0.503. The van der Waals surface area contributed by atoms with Gasteiger partial charge in [0.2, 0.25) is 0 Å². The van der Waals surface area contributed by atoms with Crippen LogP contribution in [0.5, 0.6) is 0 Å². The minimum absolute atomic E-state index is 0.896. The molecular formula is C8H11N. The molecule has 0 aromatic heterocycles. The van der Waals surface area contributed by atoms with Crippen LogP contribution in [0.2, 0.25) is 0 Å². The number of aliphatic imine (C=N–C) groups is 1. The van der Waals surface area contributed by atoms with Crippen molar-refractivity contribution in [3.63, 3.8) is 0 Å². The molecule has 0 fully saturated rings. The summed E-state index contributed by atoms with van der Waals surface area (Å²) >= 11 is 0. The highest BCUT2D eigenvalue weighted by molar-refractivity contribution is 5.97. The van der Waals surface area contributed by atoms with Gasteiger partial charge in [-0.25, -0.2) is 0 Å². The van der Waals surface area contributed by atoms with Gasteiger partial charge in [-0.3, -0.25) is 4.99 Å². The van der Waals surface area contributed by atoms with Gasteiger partial charge in [0.05, 0.1) is 0 Å². The van der Waals surface area contributed by atoms with Crippen LogP contribution in [0.15, 0.2) is 29.3 Å². The second kappa shape index (κ2) is 3.23. The minimum atomic E-state index is 0.896. The largest absolute Gasteiger partial charge is 0.290 e. The summed E-state index contributed by atoms with van der Waals surface area (Å²) in [6, 6.07) is 0. The Balaban J connectivity index is 2.55. The van der Waals surface area contributed by atoms with E-state index in [0.29, 0.717) is 0 Å². The van der Waals surface area contributed by atoms with E-state index in [1.54, 1.807) is 0 Å². The summed E-state index contributed by atoms with van der Waals surface area (Å²) in [5, 5.41) is 0. The molecule has 1 rings (SSSR count). The van der Waals surface area contributed by atoms with Crippen LogP contribution >= 0.6 is 0 Å². The van der Waals surface area contributed by atoms with Gasteiger partial charge in [-0.1, -0.05) is 18.2 Å². The fourth-order valence-electron chi connectivity index (χ4n) is 0.822.